The van der Waals surface area contributed by atoms with Gasteiger partial charge in [-0.2, -0.15) is 5.10 Å². The lowest BCUT2D eigenvalue weighted by atomic mass is 10.0. The van der Waals surface area contributed by atoms with E-state index in [0.29, 0.717) is 30.0 Å². The maximum Gasteiger partial charge on any atom is 0.272 e. The van der Waals surface area contributed by atoms with Crippen LogP contribution in [-0.2, 0) is 19.4 Å². The second-order valence-electron chi connectivity index (χ2n) is 7.20. The number of ether oxygens (including phenoxy) is 1. The summed E-state index contributed by atoms with van der Waals surface area (Å²) in [5.74, 6) is 2.47. The molecule has 140 valence electrons. The molecule has 0 bridgehead atoms. The number of hydrogen-bond acceptors (Lipinski definition) is 6. The molecule has 8 heteroatoms. The van der Waals surface area contributed by atoms with Crippen molar-refractivity contribution in [3.8, 4) is 5.88 Å². The number of carbonyl (C=O) groups excluding carboxylic acids is 1. The third-order valence-corrected chi connectivity index (χ3v) is 5.25. The molecule has 1 N–H and O–H groups in total. The van der Waals surface area contributed by atoms with Crippen LogP contribution in [-0.4, -0.2) is 38.5 Å². The summed E-state index contributed by atoms with van der Waals surface area (Å²) in [6, 6.07) is 0.167. The van der Waals surface area contributed by atoms with E-state index >= 15 is 0 Å². The maximum atomic E-state index is 12.7. The van der Waals surface area contributed by atoms with Gasteiger partial charge in [0.2, 0.25) is 17.7 Å². The fraction of sp³-hybridized carbons (Fsp3) is 0.667. The average Bonchev–Trinajstić information content (AvgIpc) is 3.35. The van der Waals surface area contributed by atoms with Crippen LogP contribution in [0.2, 0.25) is 0 Å². The van der Waals surface area contributed by atoms with Crippen LogP contribution in [0.1, 0.15) is 60.4 Å². The van der Waals surface area contributed by atoms with E-state index in [4.69, 9.17) is 9.15 Å². The molecule has 0 spiro atoms. The fourth-order valence-electron chi connectivity index (χ4n) is 3.88. The van der Waals surface area contributed by atoms with Crippen molar-refractivity contribution < 1.29 is 13.9 Å². The standard InChI is InChI=1S/C18H25N5O3/c1-3-14-20-21-15(26-14)10-12-5-6-13(9-12)19-17(24)16-11(2)18-23(22-16)7-4-8-25-18/h12-13H,3-10H2,1-2H3,(H,19,24)/t12-,13+/m1/s1. The molecule has 0 radical (unpaired) electrons. The molecule has 8 nitrogen and oxygen atoms in total. The Morgan fingerprint density at radius 1 is 1.31 bits per heavy atom. The smallest absolute Gasteiger partial charge is 0.272 e. The molecule has 4 rings (SSSR count). The third-order valence-electron chi connectivity index (χ3n) is 5.25. The highest BCUT2D eigenvalue weighted by molar-refractivity contribution is 5.94. The van der Waals surface area contributed by atoms with Gasteiger partial charge >= 0.3 is 0 Å². The van der Waals surface area contributed by atoms with Crippen molar-refractivity contribution >= 4 is 5.91 Å². The molecule has 1 amide bonds. The van der Waals surface area contributed by atoms with Crippen molar-refractivity contribution in [1.82, 2.24) is 25.3 Å². The number of rotatable bonds is 5. The molecule has 26 heavy (non-hydrogen) atoms. The number of aryl methyl sites for hydroxylation is 2. The summed E-state index contributed by atoms with van der Waals surface area (Å²) < 4.78 is 13.1. The van der Waals surface area contributed by atoms with Crippen LogP contribution in [0.5, 0.6) is 5.88 Å². The summed E-state index contributed by atoms with van der Waals surface area (Å²) >= 11 is 0. The van der Waals surface area contributed by atoms with Crippen molar-refractivity contribution in [2.45, 2.75) is 65.0 Å². The van der Waals surface area contributed by atoms with Crippen molar-refractivity contribution in [1.29, 1.82) is 0 Å². The zero-order chi connectivity index (χ0) is 18.1. The number of carbonyl (C=O) groups is 1. The summed E-state index contributed by atoms with van der Waals surface area (Å²) in [5, 5.41) is 15.7. The van der Waals surface area contributed by atoms with Gasteiger partial charge in [0.05, 0.1) is 6.61 Å². The second-order valence-corrected chi connectivity index (χ2v) is 7.20. The van der Waals surface area contributed by atoms with Gasteiger partial charge < -0.3 is 14.5 Å². The van der Waals surface area contributed by atoms with Gasteiger partial charge in [-0.1, -0.05) is 6.92 Å². The summed E-state index contributed by atoms with van der Waals surface area (Å²) in [7, 11) is 0. The number of nitrogens with zero attached hydrogens (tertiary/aromatic N) is 4. The number of aromatic nitrogens is 4. The summed E-state index contributed by atoms with van der Waals surface area (Å²) in [6.45, 7) is 5.39. The van der Waals surface area contributed by atoms with E-state index in [1.807, 2.05) is 13.8 Å². The molecular weight excluding hydrogens is 334 g/mol. The van der Waals surface area contributed by atoms with Crippen LogP contribution >= 0.6 is 0 Å². The van der Waals surface area contributed by atoms with Crippen LogP contribution in [0.4, 0.5) is 0 Å². The predicted molar refractivity (Wildman–Crippen MR) is 93.1 cm³/mol. The third kappa shape index (κ3) is 3.32. The topological polar surface area (TPSA) is 95.1 Å². The largest absolute Gasteiger partial charge is 0.478 e. The minimum absolute atomic E-state index is 0.107. The van der Waals surface area contributed by atoms with E-state index in [1.165, 1.54) is 0 Å². The maximum absolute atomic E-state index is 12.7. The van der Waals surface area contributed by atoms with Gasteiger partial charge in [0.25, 0.3) is 5.91 Å². The summed E-state index contributed by atoms with van der Waals surface area (Å²) in [5.41, 5.74) is 1.31. The molecule has 1 fully saturated rings. The summed E-state index contributed by atoms with van der Waals surface area (Å²) in [6.07, 6.45) is 5.41. The molecule has 3 heterocycles. The SMILES string of the molecule is CCc1nnc(C[C@@H]2CC[C@H](NC(=O)c3nn4c(c3C)OCCC4)C2)o1. The Morgan fingerprint density at radius 2 is 2.15 bits per heavy atom. The van der Waals surface area contributed by atoms with Crippen molar-refractivity contribution in [2.75, 3.05) is 6.61 Å². The van der Waals surface area contributed by atoms with Crippen LogP contribution in [0.25, 0.3) is 0 Å². The van der Waals surface area contributed by atoms with Gasteiger partial charge in [0, 0.05) is 37.4 Å². The van der Waals surface area contributed by atoms with Gasteiger partial charge in [-0.15, -0.1) is 10.2 Å². The van der Waals surface area contributed by atoms with Crippen molar-refractivity contribution in [3.05, 3.63) is 23.0 Å². The van der Waals surface area contributed by atoms with Crippen LogP contribution in [0.15, 0.2) is 4.42 Å². The molecule has 2 aromatic rings. The first kappa shape index (κ1) is 17.1. The lowest BCUT2D eigenvalue weighted by Crippen LogP contribution is -2.33. The van der Waals surface area contributed by atoms with Crippen LogP contribution in [0, 0.1) is 12.8 Å². The molecule has 0 unspecified atom stereocenters. The molecule has 1 saturated carbocycles. The lowest BCUT2D eigenvalue weighted by Gasteiger charge is -2.14. The Morgan fingerprint density at radius 3 is 2.92 bits per heavy atom. The first-order valence-electron chi connectivity index (χ1n) is 9.46. The van der Waals surface area contributed by atoms with E-state index in [2.05, 4.69) is 20.6 Å². The van der Waals surface area contributed by atoms with E-state index in [-0.39, 0.29) is 11.9 Å². The quantitative estimate of drug-likeness (QED) is 0.878. The Kier molecular flexibility index (Phi) is 4.65. The zero-order valence-electron chi connectivity index (χ0n) is 15.3. The Balaban J connectivity index is 1.35. The van der Waals surface area contributed by atoms with Crippen LogP contribution < -0.4 is 10.1 Å². The highest BCUT2D eigenvalue weighted by atomic mass is 16.5. The fourth-order valence-corrected chi connectivity index (χ4v) is 3.88. The number of amides is 1. The molecular formula is C18H25N5O3. The molecule has 0 saturated heterocycles. The van der Waals surface area contributed by atoms with Gasteiger partial charge in [0.15, 0.2) is 5.69 Å². The van der Waals surface area contributed by atoms with Crippen molar-refractivity contribution in [3.63, 3.8) is 0 Å². The van der Waals surface area contributed by atoms with Gasteiger partial charge in [0.1, 0.15) is 0 Å². The number of fused-ring (bicyclic) bond motifs is 1. The highest BCUT2D eigenvalue weighted by Crippen LogP contribution is 2.29. The Labute approximate surface area is 152 Å². The van der Waals surface area contributed by atoms with Crippen molar-refractivity contribution in [2.24, 2.45) is 5.92 Å². The molecule has 2 aromatic heterocycles. The molecule has 1 aliphatic carbocycles. The van der Waals surface area contributed by atoms with Gasteiger partial charge in [-0.3, -0.25) is 4.79 Å². The highest BCUT2D eigenvalue weighted by Gasteiger charge is 2.30. The molecule has 2 aliphatic rings. The summed E-state index contributed by atoms with van der Waals surface area (Å²) in [4.78, 5) is 12.7. The van der Waals surface area contributed by atoms with E-state index in [1.54, 1.807) is 4.68 Å². The van der Waals surface area contributed by atoms with E-state index < -0.39 is 0 Å². The van der Waals surface area contributed by atoms with E-state index in [0.717, 1.165) is 56.5 Å². The van der Waals surface area contributed by atoms with E-state index in [9.17, 15) is 4.79 Å². The normalized spacial score (nSPS) is 22.1. The minimum atomic E-state index is -0.107. The lowest BCUT2D eigenvalue weighted by molar-refractivity contribution is 0.0930. The molecule has 1 aliphatic heterocycles. The predicted octanol–water partition coefficient (Wildman–Crippen LogP) is 2.06. The Bertz CT molecular complexity index is 797. The molecule has 0 aromatic carbocycles. The monoisotopic (exact) mass is 359 g/mol. The van der Waals surface area contributed by atoms with Gasteiger partial charge in [-0.05, 0) is 32.1 Å². The van der Waals surface area contributed by atoms with Crippen LogP contribution in [0.3, 0.4) is 0 Å². The molecule has 2 atom stereocenters. The number of nitrogens with one attached hydrogen (secondary N) is 1. The Hall–Kier alpha value is -2.38. The second kappa shape index (κ2) is 7.09. The first-order valence-corrected chi connectivity index (χ1v) is 9.46. The zero-order valence-corrected chi connectivity index (χ0v) is 15.3. The van der Waals surface area contributed by atoms with Gasteiger partial charge in [-0.25, -0.2) is 4.68 Å². The average molecular weight is 359 g/mol. The minimum Gasteiger partial charge on any atom is -0.478 e. The first-order chi connectivity index (χ1) is 12.6. The number of hydrogen-bond donors (Lipinski definition) is 1.